The number of carbonyl (C=O) groups excluding carboxylic acids is 3. The van der Waals surface area contributed by atoms with Crippen LogP contribution in [0.1, 0.15) is 46.3 Å². The number of benzene rings is 2. The minimum absolute atomic E-state index is 0.134. The van der Waals surface area contributed by atoms with Crippen molar-refractivity contribution in [3.05, 3.63) is 58.7 Å². The van der Waals surface area contributed by atoms with Crippen molar-refractivity contribution in [2.75, 3.05) is 17.2 Å². The average Bonchev–Trinajstić information content (AvgIpc) is 3.04. The lowest BCUT2D eigenvalue weighted by atomic mass is 9.99. The Morgan fingerprint density at radius 1 is 1.03 bits per heavy atom. The normalized spacial score (nSPS) is 20.8. The van der Waals surface area contributed by atoms with Gasteiger partial charge in [0, 0.05) is 43.0 Å². The molecule has 1 fully saturated rings. The number of nitrogens with zero attached hydrogens (tertiary/aromatic N) is 2. The Bertz CT molecular complexity index is 1060. The van der Waals surface area contributed by atoms with Crippen molar-refractivity contribution >= 4 is 29.1 Å². The number of carbonyl (C=O) groups is 3. The number of hydrogen-bond donors (Lipinski definition) is 2. The van der Waals surface area contributed by atoms with Gasteiger partial charge in [-0.15, -0.1) is 0 Å². The molecule has 0 radical (unpaired) electrons. The van der Waals surface area contributed by atoms with E-state index in [1.165, 1.54) is 11.3 Å². The molecule has 30 heavy (non-hydrogen) atoms. The largest absolute Gasteiger partial charge is 0.399 e. The summed E-state index contributed by atoms with van der Waals surface area (Å²) in [4.78, 5) is 40.5. The fourth-order valence-electron chi connectivity index (χ4n) is 4.81. The van der Waals surface area contributed by atoms with Crippen molar-refractivity contribution in [1.29, 1.82) is 0 Å². The van der Waals surface area contributed by atoms with Gasteiger partial charge in [0.25, 0.3) is 5.91 Å². The van der Waals surface area contributed by atoms with E-state index in [0.717, 1.165) is 42.7 Å². The van der Waals surface area contributed by atoms with Gasteiger partial charge in [0.05, 0.1) is 0 Å². The molecule has 0 aliphatic carbocycles. The predicted molar refractivity (Wildman–Crippen MR) is 113 cm³/mol. The molecule has 3 aliphatic heterocycles. The smallest absolute Gasteiger partial charge is 0.255 e. The quantitative estimate of drug-likeness (QED) is 0.603. The van der Waals surface area contributed by atoms with Crippen molar-refractivity contribution < 1.29 is 14.4 Å². The molecule has 1 unspecified atom stereocenters. The van der Waals surface area contributed by atoms with Crippen LogP contribution in [-0.2, 0) is 29.1 Å². The molecule has 0 aromatic heterocycles. The number of imide groups is 1. The first-order chi connectivity index (χ1) is 14.5. The van der Waals surface area contributed by atoms with Crippen LogP contribution in [0.25, 0.3) is 0 Å². The van der Waals surface area contributed by atoms with Gasteiger partial charge < -0.3 is 15.5 Å². The summed E-state index contributed by atoms with van der Waals surface area (Å²) in [6, 6.07) is 11.4. The van der Waals surface area contributed by atoms with E-state index < -0.39 is 6.04 Å². The summed E-state index contributed by atoms with van der Waals surface area (Å²) in [5, 5.41) is 2.35. The lowest BCUT2D eigenvalue weighted by Gasteiger charge is -2.31. The SMILES string of the molecule is Nc1ccc2c(c1)CCCN2Cc1ccc2c(c1)CN(C1CCC(=O)NC1=O)C2=O. The van der Waals surface area contributed by atoms with Gasteiger partial charge in [0.1, 0.15) is 6.04 Å². The number of nitrogens with two attached hydrogens (primary N) is 1. The molecule has 5 rings (SSSR count). The van der Waals surface area contributed by atoms with Gasteiger partial charge in [-0.2, -0.15) is 0 Å². The van der Waals surface area contributed by atoms with Crippen LogP contribution < -0.4 is 16.0 Å². The van der Waals surface area contributed by atoms with Crippen LogP contribution >= 0.6 is 0 Å². The standard InChI is InChI=1S/C23H24N4O3/c24-17-4-6-19-15(11-17)2-1-9-26(19)12-14-3-5-18-16(10-14)13-27(23(18)30)20-7-8-21(28)25-22(20)29/h3-6,10-11,20H,1-2,7-9,12-13,24H2,(H,25,28,29). The van der Waals surface area contributed by atoms with E-state index in [1.807, 2.05) is 18.2 Å². The van der Waals surface area contributed by atoms with Crippen molar-refractivity contribution in [1.82, 2.24) is 10.2 Å². The van der Waals surface area contributed by atoms with Gasteiger partial charge in [-0.3, -0.25) is 19.7 Å². The second-order valence-corrected chi connectivity index (χ2v) is 8.30. The highest BCUT2D eigenvalue weighted by molar-refractivity contribution is 6.05. The minimum atomic E-state index is -0.578. The fraction of sp³-hybridized carbons (Fsp3) is 0.348. The van der Waals surface area contributed by atoms with Gasteiger partial charge in [-0.25, -0.2) is 0 Å². The third kappa shape index (κ3) is 3.20. The highest BCUT2D eigenvalue weighted by atomic mass is 16.2. The zero-order valence-electron chi connectivity index (χ0n) is 16.7. The van der Waals surface area contributed by atoms with E-state index in [4.69, 9.17) is 5.73 Å². The Balaban J connectivity index is 1.35. The lowest BCUT2D eigenvalue weighted by Crippen LogP contribution is -2.52. The highest BCUT2D eigenvalue weighted by Crippen LogP contribution is 2.32. The average molecular weight is 404 g/mol. The Kier molecular flexibility index (Phi) is 4.46. The summed E-state index contributed by atoms with van der Waals surface area (Å²) in [7, 11) is 0. The Morgan fingerprint density at radius 3 is 2.73 bits per heavy atom. The van der Waals surface area contributed by atoms with Crippen molar-refractivity contribution in [2.45, 2.75) is 44.8 Å². The first kappa shape index (κ1) is 18.7. The van der Waals surface area contributed by atoms with Crippen LogP contribution in [0.15, 0.2) is 36.4 Å². The molecule has 2 aromatic carbocycles. The van der Waals surface area contributed by atoms with Crippen LogP contribution in [0, 0.1) is 0 Å². The van der Waals surface area contributed by atoms with Gasteiger partial charge in [-0.1, -0.05) is 12.1 Å². The van der Waals surface area contributed by atoms with E-state index in [9.17, 15) is 14.4 Å². The van der Waals surface area contributed by atoms with Crippen molar-refractivity contribution in [3.8, 4) is 0 Å². The molecular formula is C23H24N4O3. The maximum absolute atomic E-state index is 12.9. The molecule has 3 heterocycles. The van der Waals surface area contributed by atoms with Crippen molar-refractivity contribution in [3.63, 3.8) is 0 Å². The molecule has 154 valence electrons. The number of anilines is 2. The van der Waals surface area contributed by atoms with Gasteiger partial charge in [-0.05, 0) is 60.2 Å². The molecule has 1 atom stereocenters. The van der Waals surface area contributed by atoms with Gasteiger partial charge in [0.2, 0.25) is 11.8 Å². The molecule has 2 aromatic rings. The molecule has 0 saturated carbocycles. The zero-order valence-corrected chi connectivity index (χ0v) is 16.7. The molecule has 0 spiro atoms. The summed E-state index contributed by atoms with van der Waals surface area (Å²) >= 11 is 0. The summed E-state index contributed by atoms with van der Waals surface area (Å²) in [6.45, 7) is 2.15. The topological polar surface area (TPSA) is 95.7 Å². The summed E-state index contributed by atoms with van der Waals surface area (Å²) in [5.74, 6) is -0.784. The maximum atomic E-state index is 12.9. The van der Waals surface area contributed by atoms with Crippen molar-refractivity contribution in [2.24, 2.45) is 0 Å². The van der Waals surface area contributed by atoms with Crippen LogP contribution in [0.2, 0.25) is 0 Å². The van der Waals surface area contributed by atoms with Crippen LogP contribution in [0.5, 0.6) is 0 Å². The molecule has 3 amide bonds. The molecule has 7 heteroatoms. The van der Waals surface area contributed by atoms with Gasteiger partial charge >= 0.3 is 0 Å². The lowest BCUT2D eigenvalue weighted by molar-refractivity contribution is -0.136. The molecule has 3 N–H and O–H groups in total. The fourth-order valence-corrected chi connectivity index (χ4v) is 4.81. The maximum Gasteiger partial charge on any atom is 0.255 e. The first-order valence-corrected chi connectivity index (χ1v) is 10.4. The third-order valence-electron chi connectivity index (χ3n) is 6.28. The van der Waals surface area contributed by atoms with E-state index in [0.29, 0.717) is 18.5 Å². The summed E-state index contributed by atoms with van der Waals surface area (Å²) in [5.41, 5.74) is 12.0. The van der Waals surface area contributed by atoms with Gasteiger partial charge in [0.15, 0.2) is 0 Å². The third-order valence-corrected chi connectivity index (χ3v) is 6.28. The zero-order chi connectivity index (χ0) is 20.8. The summed E-state index contributed by atoms with van der Waals surface area (Å²) in [6.07, 6.45) is 2.77. The Hall–Kier alpha value is -3.35. The van der Waals surface area contributed by atoms with Crippen LogP contribution in [0.4, 0.5) is 11.4 Å². The monoisotopic (exact) mass is 404 g/mol. The number of hydrogen-bond acceptors (Lipinski definition) is 5. The number of amides is 3. The second kappa shape index (κ2) is 7.16. The number of aryl methyl sites for hydroxylation is 1. The van der Waals surface area contributed by atoms with E-state index in [1.54, 1.807) is 4.90 Å². The molecule has 0 bridgehead atoms. The second-order valence-electron chi connectivity index (χ2n) is 8.30. The molecule has 7 nitrogen and oxygen atoms in total. The molecule has 1 saturated heterocycles. The number of nitrogens with one attached hydrogen (secondary N) is 1. The Labute approximate surface area is 174 Å². The predicted octanol–water partition coefficient (Wildman–Crippen LogP) is 1.98. The van der Waals surface area contributed by atoms with Crippen LogP contribution in [0.3, 0.4) is 0 Å². The number of piperidine rings is 1. The number of nitrogen functional groups attached to an aromatic ring is 1. The first-order valence-electron chi connectivity index (χ1n) is 10.4. The number of rotatable bonds is 3. The molecular weight excluding hydrogens is 380 g/mol. The van der Waals surface area contributed by atoms with Crippen LogP contribution in [-0.4, -0.2) is 35.2 Å². The van der Waals surface area contributed by atoms with E-state index in [2.05, 4.69) is 28.4 Å². The summed E-state index contributed by atoms with van der Waals surface area (Å²) < 4.78 is 0. The van der Waals surface area contributed by atoms with E-state index in [-0.39, 0.29) is 24.1 Å². The Morgan fingerprint density at radius 2 is 1.90 bits per heavy atom. The number of fused-ring (bicyclic) bond motifs is 2. The minimum Gasteiger partial charge on any atom is -0.399 e. The van der Waals surface area contributed by atoms with E-state index >= 15 is 0 Å². The molecule has 3 aliphatic rings. The highest BCUT2D eigenvalue weighted by Gasteiger charge is 2.39.